The molecule has 6 nitrogen and oxygen atoms in total. The van der Waals surface area contributed by atoms with Gasteiger partial charge in [-0.1, -0.05) is 25.1 Å². The van der Waals surface area contributed by atoms with Crippen LogP contribution in [0.1, 0.15) is 31.7 Å². The minimum absolute atomic E-state index is 0.112. The molecule has 6 heteroatoms. The second kappa shape index (κ2) is 7.77. The predicted molar refractivity (Wildman–Crippen MR) is 91.7 cm³/mol. The number of hydrogen-bond donors (Lipinski definition) is 3. The number of allylic oxidation sites excluding steroid dienone is 2. The lowest BCUT2D eigenvalue weighted by molar-refractivity contribution is -0.146. The van der Waals surface area contributed by atoms with Crippen LogP contribution < -0.4 is 10.6 Å². The van der Waals surface area contributed by atoms with Crippen LogP contribution in [0.3, 0.4) is 0 Å². The molecule has 1 aliphatic carbocycles. The lowest BCUT2D eigenvalue weighted by Gasteiger charge is -2.24. The largest absolute Gasteiger partial charge is 0.481 e. The molecule has 1 aliphatic rings. The topological polar surface area (TPSA) is 95.5 Å². The molecule has 0 aliphatic heterocycles. The Morgan fingerprint density at radius 3 is 2.42 bits per heavy atom. The van der Waals surface area contributed by atoms with Crippen LogP contribution in [-0.2, 0) is 14.4 Å². The Morgan fingerprint density at radius 2 is 1.79 bits per heavy atom. The number of benzene rings is 1. The molecule has 0 unspecified atom stereocenters. The highest BCUT2D eigenvalue weighted by Crippen LogP contribution is 2.28. The van der Waals surface area contributed by atoms with E-state index in [1.165, 1.54) is 0 Å². The number of aliphatic carboxylic acids is 1. The van der Waals surface area contributed by atoms with Crippen molar-refractivity contribution >= 4 is 29.2 Å². The van der Waals surface area contributed by atoms with Gasteiger partial charge in [0.2, 0.25) is 11.8 Å². The molecule has 0 fully saturated rings. The van der Waals surface area contributed by atoms with E-state index in [9.17, 15) is 19.5 Å². The highest BCUT2D eigenvalue weighted by molar-refractivity contribution is 5.97. The van der Waals surface area contributed by atoms with Gasteiger partial charge in [0.1, 0.15) is 0 Å². The van der Waals surface area contributed by atoms with Gasteiger partial charge in [-0.25, -0.2) is 0 Å². The fourth-order valence-corrected chi connectivity index (χ4v) is 2.69. The van der Waals surface area contributed by atoms with E-state index in [0.717, 1.165) is 5.56 Å². The van der Waals surface area contributed by atoms with E-state index in [4.69, 9.17) is 0 Å². The second-order valence-electron chi connectivity index (χ2n) is 5.91. The van der Waals surface area contributed by atoms with E-state index in [-0.39, 0.29) is 11.8 Å². The summed E-state index contributed by atoms with van der Waals surface area (Å²) in [6.45, 7) is 3.60. The zero-order valence-corrected chi connectivity index (χ0v) is 13.8. The van der Waals surface area contributed by atoms with Crippen molar-refractivity contribution in [3.05, 3.63) is 35.9 Å². The second-order valence-corrected chi connectivity index (χ2v) is 5.91. The van der Waals surface area contributed by atoms with Crippen LogP contribution in [0.4, 0.5) is 11.4 Å². The SMILES string of the molecule is CCC(=O)Nc1ccc(C)c(NC(=O)[C@@H]2CC=CC[C@@H]2C(=O)O)c1. The van der Waals surface area contributed by atoms with Crippen LogP contribution >= 0.6 is 0 Å². The molecule has 0 saturated heterocycles. The van der Waals surface area contributed by atoms with Crippen LogP contribution in [0.25, 0.3) is 0 Å². The third-order valence-corrected chi connectivity index (χ3v) is 4.19. The Labute approximate surface area is 140 Å². The average molecular weight is 330 g/mol. The van der Waals surface area contributed by atoms with Crippen molar-refractivity contribution in [2.45, 2.75) is 33.1 Å². The van der Waals surface area contributed by atoms with Crippen LogP contribution in [0.15, 0.2) is 30.4 Å². The Balaban J connectivity index is 2.15. The summed E-state index contributed by atoms with van der Waals surface area (Å²) in [7, 11) is 0. The molecule has 0 bridgehead atoms. The number of hydrogen-bond acceptors (Lipinski definition) is 3. The third kappa shape index (κ3) is 4.22. The maximum Gasteiger partial charge on any atom is 0.307 e. The summed E-state index contributed by atoms with van der Waals surface area (Å²) < 4.78 is 0. The molecule has 0 heterocycles. The van der Waals surface area contributed by atoms with E-state index >= 15 is 0 Å². The number of nitrogens with one attached hydrogen (secondary N) is 2. The Kier molecular flexibility index (Phi) is 5.73. The van der Waals surface area contributed by atoms with Crippen molar-refractivity contribution in [3.8, 4) is 0 Å². The zero-order valence-electron chi connectivity index (χ0n) is 13.8. The van der Waals surface area contributed by atoms with Crippen LogP contribution in [-0.4, -0.2) is 22.9 Å². The summed E-state index contributed by atoms with van der Waals surface area (Å²) >= 11 is 0. The van der Waals surface area contributed by atoms with Crippen molar-refractivity contribution in [1.82, 2.24) is 0 Å². The number of anilines is 2. The number of carbonyl (C=O) groups excluding carboxylic acids is 2. The van der Waals surface area contributed by atoms with Gasteiger partial charge in [0.05, 0.1) is 11.8 Å². The molecular weight excluding hydrogens is 308 g/mol. The van der Waals surface area contributed by atoms with Gasteiger partial charge in [0.25, 0.3) is 0 Å². The van der Waals surface area contributed by atoms with E-state index in [1.54, 1.807) is 31.2 Å². The van der Waals surface area contributed by atoms with Gasteiger partial charge in [-0.2, -0.15) is 0 Å². The molecule has 2 amide bonds. The van der Waals surface area contributed by atoms with Gasteiger partial charge >= 0.3 is 5.97 Å². The standard InChI is InChI=1S/C18H22N2O4/c1-3-16(21)19-12-9-8-11(2)15(10-12)20-17(22)13-6-4-5-7-14(13)18(23)24/h4-5,8-10,13-14H,3,6-7H2,1-2H3,(H,19,21)(H,20,22)(H,23,24)/t13-,14+/m1/s1. The Hall–Kier alpha value is -2.63. The first-order valence-corrected chi connectivity index (χ1v) is 8.01. The van der Waals surface area contributed by atoms with E-state index in [1.807, 2.05) is 13.0 Å². The zero-order chi connectivity index (χ0) is 17.7. The molecule has 0 aromatic heterocycles. The lowest BCUT2D eigenvalue weighted by Crippen LogP contribution is -2.34. The summed E-state index contributed by atoms with van der Waals surface area (Å²) in [6, 6.07) is 5.26. The maximum absolute atomic E-state index is 12.5. The Morgan fingerprint density at radius 1 is 1.12 bits per heavy atom. The smallest absolute Gasteiger partial charge is 0.307 e. The number of amides is 2. The number of carbonyl (C=O) groups is 3. The number of rotatable bonds is 5. The average Bonchev–Trinajstić information content (AvgIpc) is 2.57. The van der Waals surface area contributed by atoms with Gasteiger partial charge < -0.3 is 15.7 Å². The number of carboxylic acids is 1. The maximum atomic E-state index is 12.5. The first-order chi connectivity index (χ1) is 11.4. The molecule has 1 aromatic carbocycles. The molecule has 1 aromatic rings. The van der Waals surface area contributed by atoms with E-state index < -0.39 is 17.8 Å². The normalized spacial score (nSPS) is 19.6. The molecule has 3 N–H and O–H groups in total. The third-order valence-electron chi connectivity index (χ3n) is 4.19. The van der Waals surface area contributed by atoms with Crippen molar-refractivity contribution in [3.63, 3.8) is 0 Å². The molecule has 2 rings (SSSR count). The van der Waals surface area contributed by atoms with Gasteiger partial charge in [0, 0.05) is 17.8 Å². The summed E-state index contributed by atoms with van der Waals surface area (Å²) in [5.74, 6) is -2.69. The highest BCUT2D eigenvalue weighted by atomic mass is 16.4. The Bertz CT molecular complexity index is 682. The van der Waals surface area contributed by atoms with Crippen molar-refractivity contribution in [2.24, 2.45) is 11.8 Å². The van der Waals surface area contributed by atoms with Gasteiger partial charge in [-0.3, -0.25) is 14.4 Å². The highest BCUT2D eigenvalue weighted by Gasteiger charge is 2.34. The predicted octanol–water partition coefficient (Wildman–Crippen LogP) is 2.95. The van der Waals surface area contributed by atoms with E-state index in [2.05, 4.69) is 10.6 Å². The number of aryl methyl sites for hydroxylation is 1. The number of carboxylic acid groups (broad SMARTS) is 1. The monoisotopic (exact) mass is 330 g/mol. The molecular formula is C18H22N2O4. The summed E-state index contributed by atoms with van der Waals surface area (Å²) in [5.41, 5.74) is 2.02. The van der Waals surface area contributed by atoms with Crippen molar-refractivity contribution in [1.29, 1.82) is 0 Å². The van der Waals surface area contributed by atoms with E-state index in [0.29, 0.717) is 30.6 Å². The first kappa shape index (κ1) is 17.7. The molecule has 0 saturated carbocycles. The molecule has 2 atom stereocenters. The fraction of sp³-hybridized carbons (Fsp3) is 0.389. The minimum atomic E-state index is -0.958. The lowest BCUT2D eigenvalue weighted by atomic mass is 9.82. The van der Waals surface area contributed by atoms with Crippen LogP contribution in [0, 0.1) is 18.8 Å². The minimum Gasteiger partial charge on any atom is -0.481 e. The van der Waals surface area contributed by atoms with Crippen LogP contribution in [0.2, 0.25) is 0 Å². The van der Waals surface area contributed by atoms with Gasteiger partial charge in [-0.05, 0) is 37.5 Å². The molecule has 24 heavy (non-hydrogen) atoms. The summed E-state index contributed by atoms with van der Waals surface area (Å²) in [4.78, 5) is 35.4. The molecule has 0 spiro atoms. The summed E-state index contributed by atoms with van der Waals surface area (Å²) in [5, 5.41) is 14.8. The fourth-order valence-electron chi connectivity index (χ4n) is 2.69. The summed E-state index contributed by atoms with van der Waals surface area (Å²) in [6.07, 6.45) is 4.78. The first-order valence-electron chi connectivity index (χ1n) is 8.01. The quantitative estimate of drug-likeness (QED) is 0.723. The molecule has 0 radical (unpaired) electrons. The van der Waals surface area contributed by atoms with Crippen molar-refractivity contribution < 1.29 is 19.5 Å². The van der Waals surface area contributed by atoms with Crippen LogP contribution in [0.5, 0.6) is 0 Å². The van der Waals surface area contributed by atoms with Crippen molar-refractivity contribution in [2.75, 3.05) is 10.6 Å². The van der Waals surface area contributed by atoms with Gasteiger partial charge in [0.15, 0.2) is 0 Å². The van der Waals surface area contributed by atoms with Gasteiger partial charge in [-0.15, -0.1) is 0 Å². The molecule has 128 valence electrons.